The first-order valence-electron chi connectivity index (χ1n) is 15.0. The van der Waals surface area contributed by atoms with Gasteiger partial charge in [-0.1, -0.05) is 40.9 Å². The summed E-state index contributed by atoms with van der Waals surface area (Å²) in [5.41, 5.74) is 3.72. The van der Waals surface area contributed by atoms with Gasteiger partial charge in [-0.15, -0.1) is 0 Å². The van der Waals surface area contributed by atoms with Crippen molar-refractivity contribution in [3.05, 3.63) is 98.9 Å². The quantitative estimate of drug-likeness (QED) is 0.187. The molecule has 4 aromatic rings. The minimum absolute atomic E-state index is 0.0213. The van der Waals surface area contributed by atoms with Crippen molar-refractivity contribution in [2.75, 3.05) is 56.6 Å². The van der Waals surface area contributed by atoms with Gasteiger partial charge < -0.3 is 19.7 Å². The molecule has 0 radical (unpaired) electrons. The van der Waals surface area contributed by atoms with Crippen LogP contribution in [0.15, 0.2) is 60.8 Å². The van der Waals surface area contributed by atoms with E-state index in [0.717, 1.165) is 49.4 Å². The van der Waals surface area contributed by atoms with E-state index in [1.54, 1.807) is 36.4 Å². The molecule has 0 spiro atoms. The topological polar surface area (TPSA) is 83.1 Å². The third-order valence-electron chi connectivity index (χ3n) is 7.72. The summed E-state index contributed by atoms with van der Waals surface area (Å²) in [6, 6.07) is 15.1. The zero-order valence-electron chi connectivity index (χ0n) is 26.3. The van der Waals surface area contributed by atoms with E-state index in [9.17, 15) is 9.18 Å². The second kappa shape index (κ2) is 15.1. The van der Waals surface area contributed by atoms with Crippen molar-refractivity contribution in [2.45, 2.75) is 27.3 Å². The highest BCUT2D eigenvalue weighted by atomic mass is 35.5. The van der Waals surface area contributed by atoms with E-state index >= 15 is 0 Å². The van der Waals surface area contributed by atoms with Crippen molar-refractivity contribution < 1.29 is 18.7 Å². The van der Waals surface area contributed by atoms with Crippen LogP contribution in [0.25, 0.3) is 0 Å². The fraction of sp³-hybridized carbons (Fsp3) is 0.324. The van der Waals surface area contributed by atoms with Gasteiger partial charge in [-0.3, -0.25) is 9.80 Å². The molecule has 9 nitrogen and oxygen atoms in total. The summed E-state index contributed by atoms with van der Waals surface area (Å²) in [4.78, 5) is 28.5. The molecule has 2 heterocycles. The van der Waals surface area contributed by atoms with Crippen molar-refractivity contribution in [1.82, 2.24) is 19.8 Å². The molecule has 1 fully saturated rings. The van der Waals surface area contributed by atoms with Crippen LogP contribution in [-0.2, 0) is 6.54 Å². The number of aromatic nitrogens is 2. The third kappa shape index (κ3) is 8.64. The molecule has 0 bridgehead atoms. The van der Waals surface area contributed by atoms with Crippen LogP contribution in [0.1, 0.15) is 22.3 Å². The Hall–Kier alpha value is -3.96. The average molecular weight is 668 g/mol. The van der Waals surface area contributed by atoms with Crippen LogP contribution in [0, 0.1) is 26.6 Å². The number of benzene rings is 3. The van der Waals surface area contributed by atoms with Gasteiger partial charge in [-0.05, 0) is 80.9 Å². The molecule has 1 aliphatic rings. The van der Waals surface area contributed by atoms with Gasteiger partial charge in [0.15, 0.2) is 11.6 Å². The highest BCUT2D eigenvalue weighted by Gasteiger charge is 2.24. The number of ether oxygens (including phenoxy) is 2. The van der Waals surface area contributed by atoms with Crippen molar-refractivity contribution >= 4 is 46.7 Å². The van der Waals surface area contributed by atoms with Crippen LogP contribution in [0.4, 0.5) is 26.6 Å². The maximum Gasteiger partial charge on any atom is 0.421 e. The number of nitrogens with one attached hydrogen (secondary N) is 1. The molecule has 3 aromatic carbocycles. The number of aryl methyl sites for hydroxylation is 3. The Morgan fingerprint density at radius 3 is 2.46 bits per heavy atom. The first-order chi connectivity index (χ1) is 22.0. The van der Waals surface area contributed by atoms with Gasteiger partial charge >= 0.3 is 6.09 Å². The number of carbonyl (C=O) groups is 1. The normalized spacial score (nSPS) is 13.8. The zero-order valence-corrected chi connectivity index (χ0v) is 27.8. The Kier molecular flexibility index (Phi) is 11.0. The standard InChI is InChI=1S/C34H37Cl2FN6O3/c1-22-17-23(2)32(24(3)18-22)46-34(44)43(21-25-19-26(35)5-7-28(25)36)31-9-10-38-33(40-31)39-27-6-8-30(29(37)20-27)45-16-15-42-13-11-41(4)12-14-42/h5-10,17-20H,11-16,21H2,1-4H3,(H,38,39,40). The summed E-state index contributed by atoms with van der Waals surface area (Å²) in [5.74, 6) is 0.516. The molecule has 1 amide bonds. The lowest BCUT2D eigenvalue weighted by Crippen LogP contribution is -2.45. The maximum absolute atomic E-state index is 15.0. The first-order valence-corrected chi connectivity index (χ1v) is 15.8. The Bertz CT molecular complexity index is 1680. The van der Waals surface area contributed by atoms with Crippen LogP contribution in [0.2, 0.25) is 10.0 Å². The molecule has 46 heavy (non-hydrogen) atoms. The van der Waals surface area contributed by atoms with Crippen molar-refractivity contribution in [3.63, 3.8) is 0 Å². The van der Waals surface area contributed by atoms with Crippen LogP contribution in [-0.4, -0.2) is 72.2 Å². The highest BCUT2D eigenvalue weighted by molar-refractivity contribution is 6.33. The summed E-state index contributed by atoms with van der Waals surface area (Å²) < 4.78 is 26.6. The fourth-order valence-corrected chi connectivity index (χ4v) is 5.66. The molecule has 0 saturated carbocycles. The molecular formula is C34H37Cl2FN6O3. The minimum atomic E-state index is -0.667. The zero-order chi connectivity index (χ0) is 32.8. The van der Waals surface area contributed by atoms with E-state index < -0.39 is 11.9 Å². The van der Waals surface area contributed by atoms with Gasteiger partial charge in [0, 0.05) is 60.7 Å². The molecule has 1 saturated heterocycles. The summed E-state index contributed by atoms with van der Waals surface area (Å²) in [7, 11) is 2.11. The first kappa shape index (κ1) is 33.4. The van der Waals surface area contributed by atoms with Gasteiger partial charge in [0.1, 0.15) is 18.2 Å². The monoisotopic (exact) mass is 666 g/mol. The van der Waals surface area contributed by atoms with Gasteiger partial charge in [0.05, 0.1) is 6.54 Å². The van der Waals surface area contributed by atoms with Crippen LogP contribution < -0.4 is 19.7 Å². The van der Waals surface area contributed by atoms with Crippen LogP contribution in [0.3, 0.4) is 0 Å². The second-order valence-electron chi connectivity index (χ2n) is 11.4. The Labute approximate surface area is 278 Å². The van der Waals surface area contributed by atoms with E-state index in [2.05, 4.69) is 32.1 Å². The fourth-order valence-electron chi connectivity index (χ4n) is 5.28. The van der Waals surface area contributed by atoms with E-state index in [1.165, 1.54) is 17.2 Å². The minimum Gasteiger partial charge on any atom is -0.489 e. The van der Waals surface area contributed by atoms with E-state index in [1.807, 2.05) is 32.9 Å². The van der Waals surface area contributed by atoms with Crippen LogP contribution in [0.5, 0.6) is 11.5 Å². The molecule has 1 aliphatic heterocycles. The predicted molar refractivity (Wildman–Crippen MR) is 180 cm³/mol. The summed E-state index contributed by atoms with van der Waals surface area (Å²) >= 11 is 12.7. The molecule has 242 valence electrons. The molecule has 0 unspecified atom stereocenters. The van der Waals surface area contributed by atoms with Crippen LogP contribution >= 0.6 is 23.2 Å². The second-order valence-corrected chi connectivity index (χ2v) is 12.3. The summed E-state index contributed by atoms with van der Waals surface area (Å²) in [6.45, 7) is 10.9. The Balaban J connectivity index is 1.33. The highest BCUT2D eigenvalue weighted by Crippen LogP contribution is 2.29. The number of carbonyl (C=O) groups excluding carboxylic acids is 1. The molecule has 5 rings (SSSR count). The lowest BCUT2D eigenvalue weighted by molar-refractivity contribution is 0.132. The maximum atomic E-state index is 15.0. The van der Waals surface area contributed by atoms with Gasteiger partial charge in [0.25, 0.3) is 0 Å². The Morgan fingerprint density at radius 1 is 1.00 bits per heavy atom. The number of rotatable bonds is 10. The molecular weight excluding hydrogens is 630 g/mol. The number of likely N-dealkylation sites (N-methyl/N-ethyl adjacent to an activating group) is 1. The van der Waals surface area contributed by atoms with Crippen molar-refractivity contribution in [3.8, 4) is 11.5 Å². The number of piperazine rings is 1. The lowest BCUT2D eigenvalue weighted by Gasteiger charge is -2.32. The predicted octanol–water partition coefficient (Wildman–Crippen LogP) is 7.42. The van der Waals surface area contributed by atoms with Gasteiger partial charge in [0.2, 0.25) is 5.95 Å². The van der Waals surface area contributed by atoms with Gasteiger partial charge in [-0.2, -0.15) is 4.98 Å². The summed E-state index contributed by atoms with van der Waals surface area (Å²) in [6.07, 6.45) is 0.832. The third-order valence-corrected chi connectivity index (χ3v) is 8.32. The number of hydrogen-bond donors (Lipinski definition) is 1. The van der Waals surface area contributed by atoms with E-state index in [4.69, 9.17) is 32.7 Å². The molecule has 1 aromatic heterocycles. The number of hydrogen-bond acceptors (Lipinski definition) is 8. The van der Waals surface area contributed by atoms with Gasteiger partial charge in [-0.25, -0.2) is 14.2 Å². The van der Waals surface area contributed by atoms with E-state index in [-0.39, 0.29) is 24.1 Å². The number of anilines is 3. The summed E-state index contributed by atoms with van der Waals surface area (Å²) in [5, 5.41) is 3.92. The number of amides is 1. The van der Waals surface area contributed by atoms with E-state index in [0.29, 0.717) is 33.7 Å². The molecule has 0 atom stereocenters. The number of nitrogens with zero attached hydrogens (tertiary/aromatic N) is 5. The molecule has 0 aliphatic carbocycles. The lowest BCUT2D eigenvalue weighted by atomic mass is 10.1. The number of halogens is 3. The van der Waals surface area contributed by atoms with Crippen molar-refractivity contribution in [2.24, 2.45) is 0 Å². The average Bonchev–Trinajstić information content (AvgIpc) is 3.01. The molecule has 12 heteroatoms. The smallest absolute Gasteiger partial charge is 0.421 e. The van der Waals surface area contributed by atoms with Crippen molar-refractivity contribution in [1.29, 1.82) is 0 Å². The largest absolute Gasteiger partial charge is 0.489 e. The Morgan fingerprint density at radius 2 is 1.74 bits per heavy atom. The SMILES string of the molecule is Cc1cc(C)c(OC(=O)N(Cc2cc(Cl)ccc2Cl)c2ccnc(Nc3ccc(OCCN4CCN(C)CC4)c(F)c3)n2)c(C)c1. The molecule has 1 N–H and O–H groups in total.